The summed E-state index contributed by atoms with van der Waals surface area (Å²) in [7, 11) is 4.12. The topological polar surface area (TPSA) is 81.8 Å². The van der Waals surface area contributed by atoms with Crippen LogP contribution in [0.25, 0.3) is 11.3 Å². The number of aromatic nitrogens is 1. The molecule has 3 aromatic rings. The molecular weight excluding hydrogens is 424 g/mol. The van der Waals surface area contributed by atoms with Crippen LogP contribution in [0.1, 0.15) is 40.3 Å². The summed E-state index contributed by atoms with van der Waals surface area (Å²) in [6.45, 7) is 1.75. The second-order valence-electron chi connectivity index (χ2n) is 8.06. The van der Waals surface area contributed by atoms with E-state index < -0.39 is 5.97 Å². The molecule has 0 spiro atoms. The van der Waals surface area contributed by atoms with Crippen LogP contribution in [0.3, 0.4) is 0 Å². The summed E-state index contributed by atoms with van der Waals surface area (Å²) < 4.78 is 6.28. The number of nitrogens with one attached hydrogen (secondary N) is 1. The lowest BCUT2D eigenvalue weighted by Gasteiger charge is -2.26. The lowest BCUT2D eigenvalue weighted by Crippen LogP contribution is -2.32. The molecule has 1 saturated heterocycles. The first-order valence-electron chi connectivity index (χ1n) is 10.5. The van der Waals surface area contributed by atoms with E-state index in [1.165, 1.54) is 0 Å². The van der Waals surface area contributed by atoms with E-state index in [1.54, 1.807) is 30.5 Å². The average Bonchev–Trinajstić information content (AvgIpc) is 3.39. The first-order chi connectivity index (χ1) is 15.4. The number of rotatable bonds is 8. The highest BCUT2D eigenvalue weighted by Crippen LogP contribution is 2.40. The second kappa shape index (κ2) is 9.50. The monoisotopic (exact) mass is 450 g/mol. The highest BCUT2D eigenvalue weighted by Gasteiger charge is 2.41. The fourth-order valence-corrected chi connectivity index (χ4v) is 4.29. The third-order valence-corrected chi connectivity index (χ3v) is 5.89. The van der Waals surface area contributed by atoms with Gasteiger partial charge in [0.1, 0.15) is 17.6 Å². The summed E-state index contributed by atoms with van der Waals surface area (Å²) in [5.74, 6) is 0.520. The quantitative estimate of drug-likeness (QED) is 0.499. The maximum absolute atomic E-state index is 11.1. The van der Waals surface area contributed by atoms with Gasteiger partial charge in [0.05, 0.1) is 17.3 Å². The minimum atomic E-state index is -0.950. The highest BCUT2D eigenvalue weighted by molar-refractivity contribution is 7.80. The summed E-state index contributed by atoms with van der Waals surface area (Å²) in [5, 5.41) is 13.3. The van der Waals surface area contributed by atoms with Gasteiger partial charge < -0.3 is 24.6 Å². The zero-order valence-corrected chi connectivity index (χ0v) is 18.9. The van der Waals surface area contributed by atoms with Gasteiger partial charge in [0.25, 0.3) is 0 Å². The molecule has 0 aliphatic carbocycles. The van der Waals surface area contributed by atoms with E-state index in [9.17, 15) is 4.79 Å². The van der Waals surface area contributed by atoms with E-state index in [2.05, 4.69) is 34.2 Å². The number of hydrogen-bond acceptors (Lipinski definition) is 5. The molecule has 0 radical (unpaired) electrons. The number of furan rings is 1. The normalized spacial score (nSPS) is 18.2. The molecule has 3 heterocycles. The van der Waals surface area contributed by atoms with Crippen molar-refractivity contribution in [2.45, 2.75) is 18.5 Å². The Morgan fingerprint density at radius 2 is 1.97 bits per heavy atom. The van der Waals surface area contributed by atoms with Crippen LogP contribution in [0.5, 0.6) is 0 Å². The molecule has 32 heavy (non-hydrogen) atoms. The van der Waals surface area contributed by atoms with Crippen LogP contribution in [0, 0.1) is 0 Å². The molecule has 4 rings (SSSR count). The van der Waals surface area contributed by atoms with Gasteiger partial charge in [-0.15, -0.1) is 0 Å². The maximum Gasteiger partial charge on any atom is 0.335 e. The van der Waals surface area contributed by atoms with Gasteiger partial charge in [0.2, 0.25) is 0 Å². The van der Waals surface area contributed by atoms with E-state index >= 15 is 0 Å². The number of nitrogens with zero attached hydrogens (tertiary/aromatic N) is 3. The van der Waals surface area contributed by atoms with Crippen molar-refractivity contribution in [3.05, 3.63) is 77.8 Å². The van der Waals surface area contributed by atoms with Gasteiger partial charge in [-0.25, -0.2) is 4.79 Å². The number of carboxylic acids is 1. The number of benzene rings is 1. The molecule has 1 aromatic carbocycles. The fourth-order valence-electron chi connectivity index (χ4n) is 3.96. The Morgan fingerprint density at radius 1 is 1.19 bits per heavy atom. The molecule has 0 amide bonds. The van der Waals surface area contributed by atoms with Crippen LogP contribution >= 0.6 is 12.2 Å². The van der Waals surface area contributed by atoms with Gasteiger partial charge in [-0.3, -0.25) is 4.98 Å². The molecule has 0 saturated carbocycles. The Balaban J connectivity index is 1.64. The van der Waals surface area contributed by atoms with Crippen LogP contribution in [-0.2, 0) is 0 Å². The van der Waals surface area contributed by atoms with E-state index in [0.29, 0.717) is 10.9 Å². The zero-order valence-electron chi connectivity index (χ0n) is 18.1. The first-order valence-corrected chi connectivity index (χ1v) is 10.9. The standard InChI is InChI=1S/C24H26N4O3S/c1-27(2)14-5-15-28-22(21(26-24(28)32)18-6-3-4-13-25-18)20-12-11-19(31-20)16-7-9-17(10-8-16)23(29)30/h3-4,6-13,21-22H,5,14-15H2,1-2H3,(H,26,32)(H,29,30)/t21-,22+/m0/s1. The van der Waals surface area contributed by atoms with E-state index in [-0.39, 0.29) is 17.6 Å². The minimum Gasteiger partial charge on any atom is -0.478 e. The molecule has 2 aromatic heterocycles. The van der Waals surface area contributed by atoms with E-state index in [4.69, 9.17) is 21.7 Å². The van der Waals surface area contributed by atoms with Gasteiger partial charge in [0, 0.05) is 18.3 Å². The number of carboxylic acid groups (broad SMARTS) is 1. The van der Waals surface area contributed by atoms with Crippen molar-refractivity contribution in [1.82, 2.24) is 20.1 Å². The first kappa shape index (κ1) is 22.0. The summed E-state index contributed by atoms with van der Waals surface area (Å²) >= 11 is 5.69. The number of carbonyl (C=O) groups is 1. The summed E-state index contributed by atoms with van der Waals surface area (Å²) in [6, 6.07) is 16.2. The molecule has 1 fully saturated rings. The summed E-state index contributed by atoms with van der Waals surface area (Å²) in [5.41, 5.74) is 1.97. The fraction of sp³-hybridized carbons (Fsp3) is 0.292. The van der Waals surface area contributed by atoms with Crippen molar-refractivity contribution in [3.8, 4) is 11.3 Å². The Hall–Kier alpha value is -3.23. The number of hydrogen-bond donors (Lipinski definition) is 2. The molecule has 0 bridgehead atoms. The number of pyridine rings is 1. The van der Waals surface area contributed by atoms with Crippen LogP contribution in [-0.4, -0.2) is 58.2 Å². The van der Waals surface area contributed by atoms with Crippen molar-refractivity contribution in [3.63, 3.8) is 0 Å². The molecule has 1 aliphatic heterocycles. The van der Waals surface area contributed by atoms with Gasteiger partial charge in [-0.1, -0.05) is 18.2 Å². The molecule has 166 valence electrons. The third kappa shape index (κ3) is 4.66. The van der Waals surface area contributed by atoms with Crippen molar-refractivity contribution < 1.29 is 14.3 Å². The van der Waals surface area contributed by atoms with Gasteiger partial charge in [-0.2, -0.15) is 0 Å². The van der Waals surface area contributed by atoms with Crippen LogP contribution in [0.4, 0.5) is 0 Å². The summed E-state index contributed by atoms with van der Waals surface area (Å²) in [6.07, 6.45) is 2.74. The zero-order chi connectivity index (χ0) is 22.7. The van der Waals surface area contributed by atoms with Crippen molar-refractivity contribution >= 4 is 23.3 Å². The molecule has 2 N–H and O–H groups in total. The second-order valence-corrected chi connectivity index (χ2v) is 8.45. The largest absolute Gasteiger partial charge is 0.478 e. The van der Waals surface area contributed by atoms with Gasteiger partial charge in [-0.05, 0) is 75.7 Å². The number of thiocarbonyl (C=S) groups is 1. The average molecular weight is 451 g/mol. The van der Waals surface area contributed by atoms with E-state index in [1.807, 2.05) is 30.3 Å². The minimum absolute atomic E-state index is 0.128. The third-order valence-electron chi connectivity index (χ3n) is 5.54. The molecule has 7 nitrogen and oxygen atoms in total. The molecule has 1 aliphatic rings. The van der Waals surface area contributed by atoms with E-state index in [0.717, 1.165) is 36.5 Å². The molecule has 2 atom stereocenters. The van der Waals surface area contributed by atoms with Crippen molar-refractivity contribution in [2.75, 3.05) is 27.2 Å². The maximum atomic E-state index is 11.1. The molecule has 0 unspecified atom stereocenters. The smallest absolute Gasteiger partial charge is 0.335 e. The predicted molar refractivity (Wildman–Crippen MR) is 126 cm³/mol. The van der Waals surface area contributed by atoms with Gasteiger partial charge >= 0.3 is 5.97 Å². The van der Waals surface area contributed by atoms with Crippen LogP contribution < -0.4 is 5.32 Å². The highest BCUT2D eigenvalue weighted by atomic mass is 32.1. The Labute approximate surface area is 192 Å². The Bertz CT molecular complexity index is 1080. The summed E-state index contributed by atoms with van der Waals surface area (Å²) in [4.78, 5) is 20.0. The predicted octanol–water partition coefficient (Wildman–Crippen LogP) is 3.96. The number of aromatic carboxylic acids is 1. The van der Waals surface area contributed by atoms with Crippen LogP contribution in [0.2, 0.25) is 0 Å². The van der Waals surface area contributed by atoms with Gasteiger partial charge in [0.15, 0.2) is 5.11 Å². The van der Waals surface area contributed by atoms with Crippen LogP contribution in [0.15, 0.2) is 65.2 Å². The lowest BCUT2D eigenvalue weighted by molar-refractivity contribution is 0.0697. The molecule has 8 heteroatoms. The lowest BCUT2D eigenvalue weighted by atomic mass is 10.0. The SMILES string of the molecule is CN(C)CCCN1C(=S)N[C@@H](c2ccccn2)[C@H]1c1ccc(-c2ccc(C(=O)O)cc2)o1. The van der Waals surface area contributed by atoms with Crippen molar-refractivity contribution in [2.24, 2.45) is 0 Å². The Morgan fingerprint density at radius 3 is 2.62 bits per heavy atom. The Kier molecular flexibility index (Phi) is 6.53. The molecular formula is C24H26N4O3S. The van der Waals surface area contributed by atoms with Crippen molar-refractivity contribution in [1.29, 1.82) is 0 Å².